The molecule has 1 aromatic rings. The Balaban J connectivity index is 2.32. The third-order valence-corrected chi connectivity index (χ3v) is 5.41. The molecule has 1 aromatic heterocycles. The summed E-state index contributed by atoms with van der Waals surface area (Å²) < 4.78 is 2.73. The van der Waals surface area contributed by atoms with Gasteiger partial charge in [0.15, 0.2) is 0 Å². The number of nitrogens with zero attached hydrogens (tertiary/aromatic N) is 2. The lowest BCUT2D eigenvalue weighted by atomic mass is 9.96. The van der Waals surface area contributed by atoms with Crippen molar-refractivity contribution in [1.29, 1.82) is 0 Å². The van der Waals surface area contributed by atoms with E-state index in [1.54, 1.807) is 6.20 Å². The van der Waals surface area contributed by atoms with E-state index in [0.717, 1.165) is 28.9 Å². The number of rotatable bonds is 3. The van der Waals surface area contributed by atoms with Crippen molar-refractivity contribution in [3.63, 3.8) is 0 Å². The Morgan fingerprint density at radius 1 is 1.75 bits per heavy atom. The molecule has 1 aliphatic rings. The van der Waals surface area contributed by atoms with Crippen LogP contribution in [0.25, 0.3) is 0 Å². The zero-order valence-electron chi connectivity index (χ0n) is 9.61. The maximum atomic E-state index is 10.5. The van der Waals surface area contributed by atoms with Crippen molar-refractivity contribution in [3.8, 4) is 0 Å². The van der Waals surface area contributed by atoms with E-state index in [0.29, 0.717) is 0 Å². The summed E-state index contributed by atoms with van der Waals surface area (Å²) in [6.45, 7) is 4.98. The standard InChI is InChI=1S/C11H17BrN2OS/c1-3-14-9(8(12)7-13-14)10(15)11(2)5-4-6-16-11/h7,10,15H,3-6H2,1-2H3. The zero-order chi connectivity index (χ0) is 11.8. The fraction of sp³-hybridized carbons (Fsp3) is 0.727. The molecular formula is C11H17BrN2OS. The largest absolute Gasteiger partial charge is 0.385 e. The summed E-state index contributed by atoms with van der Waals surface area (Å²) in [5.74, 6) is 1.14. The Bertz CT molecular complexity index is 374. The number of hydrogen-bond donors (Lipinski definition) is 1. The van der Waals surface area contributed by atoms with Crippen molar-refractivity contribution in [3.05, 3.63) is 16.4 Å². The van der Waals surface area contributed by atoms with Crippen LogP contribution in [0, 0.1) is 0 Å². The third kappa shape index (κ3) is 2.05. The summed E-state index contributed by atoms with van der Waals surface area (Å²) >= 11 is 5.34. The van der Waals surface area contributed by atoms with Gasteiger partial charge in [0.2, 0.25) is 0 Å². The fourth-order valence-corrected chi connectivity index (χ4v) is 4.03. The van der Waals surface area contributed by atoms with Crippen LogP contribution in [0.2, 0.25) is 0 Å². The van der Waals surface area contributed by atoms with E-state index >= 15 is 0 Å². The predicted molar refractivity (Wildman–Crippen MR) is 70.7 cm³/mol. The minimum absolute atomic E-state index is 0.0600. The molecule has 1 aliphatic heterocycles. The van der Waals surface area contributed by atoms with Crippen LogP contribution in [0.3, 0.4) is 0 Å². The number of aromatic nitrogens is 2. The lowest BCUT2D eigenvalue weighted by Gasteiger charge is -2.29. The van der Waals surface area contributed by atoms with Crippen LogP contribution in [0.4, 0.5) is 0 Å². The molecule has 0 aromatic carbocycles. The highest BCUT2D eigenvalue weighted by atomic mass is 79.9. The molecule has 0 amide bonds. The highest BCUT2D eigenvalue weighted by Crippen LogP contribution is 2.47. The fourth-order valence-electron chi connectivity index (χ4n) is 2.20. The average Bonchev–Trinajstić information content (AvgIpc) is 2.85. The van der Waals surface area contributed by atoms with Crippen LogP contribution >= 0.6 is 27.7 Å². The second kappa shape index (κ2) is 4.70. The Morgan fingerprint density at radius 3 is 3.06 bits per heavy atom. The van der Waals surface area contributed by atoms with Gasteiger partial charge in [-0.25, -0.2) is 0 Å². The van der Waals surface area contributed by atoms with Crippen LogP contribution in [0.1, 0.15) is 38.5 Å². The Labute approximate surface area is 109 Å². The Hall–Kier alpha value is -0.0000000000000000555. The second-order valence-corrected chi connectivity index (χ2v) is 6.84. The van der Waals surface area contributed by atoms with Gasteiger partial charge in [0.25, 0.3) is 0 Å². The highest BCUT2D eigenvalue weighted by Gasteiger charge is 2.40. The van der Waals surface area contributed by atoms with Gasteiger partial charge in [-0.05, 0) is 48.4 Å². The van der Waals surface area contributed by atoms with Crippen molar-refractivity contribution < 1.29 is 5.11 Å². The summed E-state index contributed by atoms with van der Waals surface area (Å²) in [5.41, 5.74) is 0.916. The third-order valence-electron chi connectivity index (χ3n) is 3.22. The minimum atomic E-state index is -0.447. The molecule has 5 heteroatoms. The quantitative estimate of drug-likeness (QED) is 0.933. The predicted octanol–water partition coefficient (Wildman–Crippen LogP) is 2.98. The Kier molecular flexibility index (Phi) is 3.66. The van der Waals surface area contributed by atoms with Gasteiger partial charge in [0.05, 0.1) is 16.4 Å². The average molecular weight is 305 g/mol. The van der Waals surface area contributed by atoms with Gasteiger partial charge in [-0.1, -0.05) is 0 Å². The molecule has 1 saturated heterocycles. The maximum Gasteiger partial charge on any atom is 0.111 e. The number of thioether (sulfide) groups is 1. The molecule has 0 saturated carbocycles. The molecule has 2 unspecified atom stereocenters. The van der Waals surface area contributed by atoms with Crippen LogP contribution in [0.15, 0.2) is 10.7 Å². The van der Waals surface area contributed by atoms with E-state index in [4.69, 9.17) is 0 Å². The van der Waals surface area contributed by atoms with E-state index in [-0.39, 0.29) is 4.75 Å². The molecule has 16 heavy (non-hydrogen) atoms. The lowest BCUT2D eigenvalue weighted by molar-refractivity contribution is 0.124. The number of aryl methyl sites for hydroxylation is 1. The number of aliphatic hydroxyl groups is 1. The van der Waals surface area contributed by atoms with Gasteiger partial charge in [-0.3, -0.25) is 4.68 Å². The molecule has 0 spiro atoms. The molecule has 90 valence electrons. The van der Waals surface area contributed by atoms with Gasteiger partial charge in [-0.2, -0.15) is 16.9 Å². The number of aliphatic hydroxyl groups excluding tert-OH is 1. The van der Waals surface area contributed by atoms with Gasteiger partial charge in [0, 0.05) is 11.3 Å². The van der Waals surface area contributed by atoms with Gasteiger partial charge < -0.3 is 5.11 Å². The lowest BCUT2D eigenvalue weighted by Crippen LogP contribution is -2.28. The van der Waals surface area contributed by atoms with Crippen molar-refractivity contribution in [2.24, 2.45) is 0 Å². The van der Waals surface area contributed by atoms with Crippen molar-refractivity contribution in [2.75, 3.05) is 5.75 Å². The molecule has 2 heterocycles. The monoisotopic (exact) mass is 304 g/mol. The molecule has 3 nitrogen and oxygen atoms in total. The molecule has 0 bridgehead atoms. The van der Waals surface area contributed by atoms with Crippen LogP contribution in [0.5, 0.6) is 0 Å². The molecular weight excluding hydrogens is 288 g/mol. The minimum Gasteiger partial charge on any atom is -0.385 e. The second-order valence-electron chi connectivity index (χ2n) is 4.36. The number of halogens is 1. The zero-order valence-corrected chi connectivity index (χ0v) is 12.0. The summed E-state index contributed by atoms with van der Waals surface area (Å²) in [4.78, 5) is 0. The Morgan fingerprint density at radius 2 is 2.50 bits per heavy atom. The molecule has 2 rings (SSSR count). The first-order valence-corrected chi connectivity index (χ1v) is 7.39. The summed E-state index contributed by atoms with van der Waals surface area (Å²) in [6.07, 6.45) is 3.58. The molecule has 0 radical (unpaired) electrons. The summed E-state index contributed by atoms with van der Waals surface area (Å²) in [5, 5.41) is 14.8. The SMILES string of the molecule is CCn1ncc(Br)c1C(O)C1(C)CCCS1. The highest BCUT2D eigenvalue weighted by molar-refractivity contribution is 9.10. The van der Waals surface area contributed by atoms with Gasteiger partial charge in [-0.15, -0.1) is 0 Å². The van der Waals surface area contributed by atoms with E-state index in [1.807, 2.05) is 23.4 Å². The van der Waals surface area contributed by atoms with Gasteiger partial charge in [0.1, 0.15) is 6.10 Å². The van der Waals surface area contributed by atoms with Crippen molar-refractivity contribution in [2.45, 2.75) is 44.1 Å². The van der Waals surface area contributed by atoms with Crippen molar-refractivity contribution >= 4 is 27.7 Å². The smallest absolute Gasteiger partial charge is 0.111 e. The first-order chi connectivity index (χ1) is 7.58. The molecule has 1 N–H and O–H groups in total. The van der Waals surface area contributed by atoms with Crippen molar-refractivity contribution in [1.82, 2.24) is 9.78 Å². The van der Waals surface area contributed by atoms with E-state index < -0.39 is 6.10 Å². The summed E-state index contributed by atoms with van der Waals surface area (Å²) in [7, 11) is 0. The first-order valence-electron chi connectivity index (χ1n) is 5.61. The molecule has 0 aliphatic carbocycles. The first kappa shape index (κ1) is 12.5. The van der Waals surface area contributed by atoms with Crippen LogP contribution in [-0.2, 0) is 6.54 Å². The van der Waals surface area contributed by atoms with Crippen LogP contribution in [-0.4, -0.2) is 25.4 Å². The normalized spacial score (nSPS) is 27.2. The van der Waals surface area contributed by atoms with Crippen LogP contribution < -0.4 is 0 Å². The van der Waals surface area contributed by atoms with E-state index in [1.165, 1.54) is 6.42 Å². The molecule has 1 fully saturated rings. The maximum absolute atomic E-state index is 10.5. The van der Waals surface area contributed by atoms with E-state index in [2.05, 4.69) is 28.0 Å². The summed E-state index contributed by atoms with van der Waals surface area (Å²) in [6, 6.07) is 0. The number of hydrogen-bond acceptors (Lipinski definition) is 3. The van der Waals surface area contributed by atoms with Gasteiger partial charge >= 0.3 is 0 Å². The van der Waals surface area contributed by atoms with E-state index in [9.17, 15) is 5.11 Å². The topological polar surface area (TPSA) is 38.0 Å². The molecule has 2 atom stereocenters.